The van der Waals surface area contributed by atoms with Crippen molar-refractivity contribution >= 4 is 37.6 Å². The molecule has 0 spiro atoms. The van der Waals surface area contributed by atoms with E-state index in [2.05, 4.69) is 20.7 Å². The summed E-state index contributed by atoms with van der Waals surface area (Å²) < 4.78 is 37.8. The zero-order valence-corrected chi connectivity index (χ0v) is 15.5. The molecule has 0 amide bonds. The van der Waals surface area contributed by atoms with Crippen LogP contribution in [0.4, 0.5) is 5.69 Å². The number of sulfonamides is 1. The van der Waals surface area contributed by atoms with Crippen molar-refractivity contribution in [2.24, 2.45) is 0 Å². The summed E-state index contributed by atoms with van der Waals surface area (Å²) in [6.07, 6.45) is 0. The molecule has 24 heavy (non-hydrogen) atoms. The first kappa shape index (κ1) is 18.3. The summed E-state index contributed by atoms with van der Waals surface area (Å²) in [6.45, 7) is 1.88. The fraction of sp³-hybridized carbons (Fsp3) is 0.188. The van der Waals surface area contributed by atoms with E-state index >= 15 is 0 Å². The molecule has 0 radical (unpaired) electrons. The Kier molecular flexibility index (Phi) is 5.84. The van der Waals surface area contributed by atoms with E-state index in [9.17, 15) is 13.2 Å². The molecule has 0 aliphatic heterocycles. The van der Waals surface area contributed by atoms with Crippen LogP contribution in [0.25, 0.3) is 0 Å². The summed E-state index contributed by atoms with van der Waals surface area (Å²) in [5, 5.41) is 0. The van der Waals surface area contributed by atoms with Crippen LogP contribution in [-0.2, 0) is 14.8 Å². The third-order valence-corrected chi connectivity index (χ3v) is 5.16. The molecule has 0 aliphatic rings. The van der Waals surface area contributed by atoms with Crippen LogP contribution >= 0.6 is 15.9 Å². The first-order valence-corrected chi connectivity index (χ1v) is 9.28. The predicted molar refractivity (Wildman–Crippen MR) is 93.9 cm³/mol. The highest BCUT2D eigenvalue weighted by molar-refractivity contribution is 9.10. The third-order valence-electron chi connectivity index (χ3n) is 3.09. The maximum atomic E-state index is 12.5. The molecule has 0 heterocycles. The lowest BCUT2D eigenvalue weighted by atomic mass is 10.2. The number of methoxy groups -OCH3 is 1. The van der Waals surface area contributed by atoms with Crippen molar-refractivity contribution < 1.29 is 22.7 Å². The molecule has 0 aromatic heterocycles. The number of rotatable bonds is 6. The van der Waals surface area contributed by atoms with Crippen LogP contribution in [-0.4, -0.2) is 28.1 Å². The number of ether oxygens (including phenoxy) is 2. The molecule has 6 nitrogen and oxygen atoms in total. The topological polar surface area (TPSA) is 81.7 Å². The molecule has 2 rings (SSSR count). The van der Waals surface area contributed by atoms with Crippen molar-refractivity contribution in [3.8, 4) is 5.75 Å². The van der Waals surface area contributed by atoms with Crippen LogP contribution in [0.2, 0.25) is 0 Å². The van der Waals surface area contributed by atoms with Crippen molar-refractivity contribution in [2.75, 3.05) is 18.4 Å². The molecule has 0 saturated heterocycles. The fourth-order valence-corrected chi connectivity index (χ4v) is 3.40. The Morgan fingerprint density at radius 1 is 1.17 bits per heavy atom. The first-order valence-electron chi connectivity index (χ1n) is 7.01. The molecule has 2 aromatic rings. The maximum Gasteiger partial charge on any atom is 0.339 e. The standard InChI is InChI=1S/C16H16BrNO5S/c1-3-23-16(19)14-10-13(8-9-15(14)17)24(20,21)18-11-4-6-12(22-2)7-5-11/h4-10,18H,3H2,1-2H3. The average Bonchev–Trinajstić information content (AvgIpc) is 2.55. The smallest absolute Gasteiger partial charge is 0.339 e. The molecule has 0 bridgehead atoms. The van der Waals surface area contributed by atoms with Gasteiger partial charge in [0.15, 0.2) is 0 Å². The summed E-state index contributed by atoms with van der Waals surface area (Å²) in [5.74, 6) is 0.0251. The Labute approximate surface area is 149 Å². The summed E-state index contributed by atoms with van der Waals surface area (Å²) in [6, 6.07) is 10.6. The summed E-state index contributed by atoms with van der Waals surface area (Å²) >= 11 is 3.22. The monoisotopic (exact) mass is 413 g/mol. The SMILES string of the molecule is CCOC(=O)c1cc(S(=O)(=O)Nc2ccc(OC)cc2)ccc1Br. The number of esters is 1. The van der Waals surface area contributed by atoms with Crippen molar-refractivity contribution in [1.29, 1.82) is 0 Å². The Morgan fingerprint density at radius 3 is 2.42 bits per heavy atom. The molecule has 2 aromatic carbocycles. The van der Waals surface area contributed by atoms with Gasteiger partial charge in [-0.05, 0) is 65.3 Å². The summed E-state index contributed by atoms with van der Waals surface area (Å²) in [7, 11) is -2.31. The van der Waals surface area contributed by atoms with Gasteiger partial charge in [0.1, 0.15) is 5.75 Å². The van der Waals surface area contributed by atoms with Gasteiger partial charge in [-0.1, -0.05) is 0 Å². The molecule has 8 heteroatoms. The van der Waals surface area contributed by atoms with E-state index < -0.39 is 16.0 Å². The van der Waals surface area contributed by atoms with E-state index in [0.717, 1.165) is 0 Å². The van der Waals surface area contributed by atoms with Crippen LogP contribution in [0.15, 0.2) is 51.8 Å². The van der Waals surface area contributed by atoms with Gasteiger partial charge < -0.3 is 9.47 Å². The second kappa shape index (κ2) is 7.67. The second-order valence-corrected chi connectivity index (χ2v) is 7.23. The van der Waals surface area contributed by atoms with E-state index in [0.29, 0.717) is 15.9 Å². The van der Waals surface area contributed by atoms with Gasteiger partial charge in [-0.25, -0.2) is 13.2 Å². The second-order valence-electron chi connectivity index (χ2n) is 4.70. The van der Waals surface area contributed by atoms with Crippen LogP contribution in [0, 0.1) is 0 Å². The Morgan fingerprint density at radius 2 is 1.83 bits per heavy atom. The fourth-order valence-electron chi connectivity index (χ4n) is 1.91. The number of halogens is 1. The average molecular weight is 414 g/mol. The van der Waals surface area contributed by atoms with Gasteiger partial charge in [-0.15, -0.1) is 0 Å². The van der Waals surface area contributed by atoms with Gasteiger partial charge >= 0.3 is 5.97 Å². The van der Waals surface area contributed by atoms with Gasteiger partial charge in [0.25, 0.3) is 10.0 Å². The molecular formula is C16H16BrNO5S. The van der Waals surface area contributed by atoms with E-state index in [1.165, 1.54) is 25.3 Å². The number of carbonyl (C=O) groups excluding carboxylic acids is 1. The minimum atomic E-state index is -3.84. The van der Waals surface area contributed by atoms with Crippen LogP contribution in [0.3, 0.4) is 0 Å². The van der Waals surface area contributed by atoms with E-state index in [4.69, 9.17) is 9.47 Å². The minimum Gasteiger partial charge on any atom is -0.497 e. The molecule has 0 saturated carbocycles. The zero-order valence-electron chi connectivity index (χ0n) is 13.1. The summed E-state index contributed by atoms with van der Waals surface area (Å²) in [4.78, 5) is 11.9. The lowest BCUT2D eigenvalue weighted by Crippen LogP contribution is -2.14. The predicted octanol–water partition coefficient (Wildman–Crippen LogP) is 3.44. The van der Waals surface area contributed by atoms with E-state index in [-0.39, 0.29) is 17.1 Å². The largest absolute Gasteiger partial charge is 0.497 e. The number of hydrogen-bond donors (Lipinski definition) is 1. The lowest BCUT2D eigenvalue weighted by Gasteiger charge is -2.11. The van der Waals surface area contributed by atoms with Crippen LogP contribution in [0.5, 0.6) is 5.75 Å². The van der Waals surface area contributed by atoms with Crippen LogP contribution < -0.4 is 9.46 Å². The highest BCUT2D eigenvalue weighted by Crippen LogP contribution is 2.24. The van der Waals surface area contributed by atoms with E-state index in [1.807, 2.05) is 0 Å². The zero-order chi connectivity index (χ0) is 17.7. The lowest BCUT2D eigenvalue weighted by molar-refractivity contribution is 0.0525. The van der Waals surface area contributed by atoms with Gasteiger partial charge in [0.2, 0.25) is 0 Å². The molecule has 0 atom stereocenters. The normalized spacial score (nSPS) is 11.0. The van der Waals surface area contributed by atoms with Gasteiger partial charge in [0, 0.05) is 10.2 Å². The minimum absolute atomic E-state index is 0.0374. The van der Waals surface area contributed by atoms with Crippen molar-refractivity contribution in [3.05, 3.63) is 52.5 Å². The van der Waals surface area contributed by atoms with Gasteiger partial charge in [-0.2, -0.15) is 0 Å². The molecule has 128 valence electrons. The number of benzene rings is 2. The highest BCUT2D eigenvalue weighted by Gasteiger charge is 2.19. The molecule has 0 fully saturated rings. The van der Waals surface area contributed by atoms with E-state index in [1.54, 1.807) is 31.2 Å². The Bertz CT molecular complexity index is 834. The van der Waals surface area contributed by atoms with Crippen molar-refractivity contribution in [3.63, 3.8) is 0 Å². The molecule has 0 aliphatic carbocycles. The van der Waals surface area contributed by atoms with Gasteiger partial charge in [0.05, 0.1) is 24.2 Å². The van der Waals surface area contributed by atoms with Crippen LogP contribution in [0.1, 0.15) is 17.3 Å². The third kappa shape index (κ3) is 4.27. The molecular weight excluding hydrogens is 398 g/mol. The van der Waals surface area contributed by atoms with Gasteiger partial charge in [-0.3, -0.25) is 4.72 Å². The highest BCUT2D eigenvalue weighted by atomic mass is 79.9. The number of nitrogens with one attached hydrogen (secondary N) is 1. The van der Waals surface area contributed by atoms with Crippen molar-refractivity contribution in [2.45, 2.75) is 11.8 Å². The first-order chi connectivity index (χ1) is 11.4. The number of carbonyl (C=O) groups is 1. The Balaban J connectivity index is 2.31. The maximum absolute atomic E-state index is 12.5. The number of hydrogen-bond acceptors (Lipinski definition) is 5. The molecule has 0 unspecified atom stereocenters. The van der Waals surface area contributed by atoms with Crippen molar-refractivity contribution in [1.82, 2.24) is 0 Å². The quantitative estimate of drug-likeness (QED) is 0.733. The Hall–Kier alpha value is -2.06. The molecule has 1 N–H and O–H groups in total. The summed E-state index contributed by atoms with van der Waals surface area (Å²) in [5.41, 5.74) is 0.533. The number of anilines is 1.